The van der Waals surface area contributed by atoms with Gasteiger partial charge in [0.2, 0.25) is 0 Å². The van der Waals surface area contributed by atoms with Crippen LogP contribution in [0.3, 0.4) is 0 Å². The second kappa shape index (κ2) is 4.84. The van der Waals surface area contributed by atoms with Crippen molar-refractivity contribution >= 4 is 46.0 Å². The van der Waals surface area contributed by atoms with Gasteiger partial charge in [-0.1, -0.05) is 11.6 Å². The number of carbonyl (C=O) groups is 1. The number of benzene rings is 1. The topological polar surface area (TPSA) is 83.6 Å². The minimum absolute atomic E-state index is 0.267. The molecular formula is C12H10ClN5OS. The highest BCUT2D eigenvalue weighted by atomic mass is 35.5. The van der Waals surface area contributed by atoms with E-state index in [9.17, 15) is 4.79 Å². The fourth-order valence-corrected chi connectivity index (χ4v) is 2.75. The Labute approximate surface area is 123 Å². The van der Waals surface area contributed by atoms with Crippen molar-refractivity contribution < 1.29 is 4.79 Å². The Balaban J connectivity index is 2.03. The quantitative estimate of drug-likeness (QED) is 0.762. The molecule has 1 aromatic carbocycles. The van der Waals surface area contributed by atoms with E-state index in [2.05, 4.69) is 24.3 Å². The number of H-pyrrole nitrogens is 1. The fraction of sp³-hybridized carbons (Fsp3) is 0.167. The van der Waals surface area contributed by atoms with Crippen molar-refractivity contribution in [1.82, 2.24) is 18.9 Å². The van der Waals surface area contributed by atoms with Crippen LogP contribution in [0, 0.1) is 13.8 Å². The largest absolute Gasteiger partial charge is 0.319 e. The minimum atomic E-state index is -0.267. The third-order valence-corrected chi connectivity index (χ3v) is 3.83. The van der Waals surface area contributed by atoms with E-state index in [1.54, 1.807) is 26.0 Å². The Hall–Kier alpha value is -1.99. The number of aromatic nitrogens is 4. The third kappa shape index (κ3) is 2.04. The molecule has 0 unspecified atom stereocenters. The minimum Gasteiger partial charge on any atom is -0.319 e. The lowest BCUT2D eigenvalue weighted by atomic mass is 10.1. The number of nitrogens with one attached hydrogen (secondary N) is 2. The van der Waals surface area contributed by atoms with Crippen LogP contribution in [0.4, 0.5) is 5.69 Å². The first-order valence-corrected chi connectivity index (χ1v) is 6.92. The maximum absolute atomic E-state index is 12.4. The van der Waals surface area contributed by atoms with E-state index in [4.69, 9.17) is 11.6 Å². The van der Waals surface area contributed by atoms with Gasteiger partial charge < -0.3 is 5.32 Å². The van der Waals surface area contributed by atoms with Crippen LogP contribution in [-0.2, 0) is 0 Å². The van der Waals surface area contributed by atoms with E-state index in [0.29, 0.717) is 38.7 Å². The highest BCUT2D eigenvalue weighted by molar-refractivity contribution is 7.00. The number of amides is 1. The summed E-state index contributed by atoms with van der Waals surface area (Å²) in [6.45, 7) is 3.56. The molecule has 0 aliphatic rings. The van der Waals surface area contributed by atoms with E-state index in [1.165, 1.54) is 0 Å². The van der Waals surface area contributed by atoms with Crippen molar-refractivity contribution in [3.63, 3.8) is 0 Å². The van der Waals surface area contributed by atoms with Gasteiger partial charge in [-0.3, -0.25) is 9.89 Å². The van der Waals surface area contributed by atoms with Gasteiger partial charge in [-0.05, 0) is 26.0 Å². The van der Waals surface area contributed by atoms with Gasteiger partial charge in [0.05, 0.1) is 33.7 Å². The van der Waals surface area contributed by atoms with Crippen LogP contribution >= 0.6 is 23.3 Å². The van der Waals surface area contributed by atoms with Crippen LogP contribution < -0.4 is 5.32 Å². The molecular weight excluding hydrogens is 298 g/mol. The molecule has 20 heavy (non-hydrogen) atoms. The smallest absolute Gasteiger partial charge is 0.259 e. The van der Waals surface area contributed by atoms with Crippen molar-refractivity contribution in [2.45, 2.75) is 13.8 Å². The van der Waals surface area contributed by atoms with Gasteiger partial charge in [0.25, 0.3) is 5.91 Å². The molecule has 3 aromatic rings. The molecule has 2 aromatic heterocycles. The number of halogens is 1. The van der Waals surface area contributed by atoms with Crippen molar-refractivity contribution in [2.24, 2.45) is 0 Å². The summed E-state index contributed by atoms with van der Waals surface area (Å²) in [7, 11) is 0. The number of nitrogens with zero attached hydrogens (tertiary/aromatic N) is 3. The lowest BCUT2D eigenvalue weighted by Crippen LogP contribution is -2.14. The number of aromatic amines is 1. The van der Waals surface area contributed by atoms with Crippen LogP contribution in [0.15, 0.2) is 12.1 Å². The number of hydrogen-bond acceptors (Lipinski definition) is 5. The summed E-state index contributed by atoms with van der Waals surface area (Å²) in [5.74, 6) is -0.267. The fourth-order valence-electron chi connectivity index (χ4n) is 2.01. The molecule has 0 atom stereocenters. The summed E-state index contributed by atoms with van der Waals surface area (Å²) in [5, 5.41) is 10.0. The van der Waals surface area contributed by atoms with Gasteiger partial charge >= 0.3 is 0 Å². The van der Waals surface area contributed by atoms with E-state index >= 15 is 0 Å². The molecule has 2 heterocycles. The maximum atomic E-state index is 12.4. The Morgan fingerprint density at radius 3 is 2.85 bits per heavy atom. The predicted octanol–water partition coefficient (Wildman–Crippen LogP) is 2.94. The molecule has 6 nitrogen and oxygen atoms in total. The van der Waals surface area contributed by atoms with Crippen LogP contribution in [0.5, 0.6) is 0 Å². The molecule has 2 N–H and O–H groups in total. The van der Waals surface area contributed by atoms with Crippen LogP contribution in [0.1, 0.15) is 21.7 Å². The van der Waals surface area contributed by atoms with Gasteiger partial charge in [0.15, 0.2) is 0 Å². The molecule has 0 aliphatic heterocycles. The Bertz CT molecular complexity index is 790. The van der Waals surface area contributed by atoms with Crippen LogP contribution in [0.25, 0.3) is 11.0 Å². The van der Waals surface area contributed by atoms with Crippen LogP contribution in [-0.4, -0.2) is 24.9 Å². The number of aryl methyl sites for hydroxylation is 2. The van der Waals surface area contributed by atoms with Crippen LogP contribution in [0.2, 0.25) is 5.02 Å². The summed E-state index contributed by atoms with van der Waals surface area (Å²) in [6.07, 6.45) is 0. The molecule has 102 valence electrons. The normalized spacial score (nSPS) is 10.9. The van der Waals surface area contributed by atoms with Crippen molar-refractivity contribution in [1.29, 1.82) is 0 Å². The molecule has 0 spiro atoms. The second-order valence-corrected chi connectivity index (χ2v) is 5.25. The molecule has 8 heteroatoms. The first-order chi connectivity index (χ1) is 9.58. The highest BCUT2D eigenvalue weighted by Gasteiger charge is 2.18. The van der Waals surface area contributed by atoms with E-state index < -0.39 is 0 Å². The summed E-state index contributed by atoms with van der Waals surface area (Å²) in [4.78, 5) is 12.4. The van der Waals surface area contributed by atoms with E-state index in [-0.39, 0.29) is 5.91 Å². The zero-order chi connectivity index (χ0) is 14.3. The second-order valence-electron chi connectivity index (χ2n) is 4.32. The summed E-state index contributed by atoms with van der Waals surface area (Å²) in [6, 6.07) is 3.46. The lowest BCUT2D eigenvalue weighted by molar-refractivity contribution is 0.102. The van der Waals surface area contributed by atoms with E-state index in [1.807, 2.05) is 0 Å². The average Bonchev–Trinajstić information content (AvgIpc) is 3.00. The molecule has 3 rings (SSSR count). The predicted molar refractivity (Wildman–Crippen MR) is 78.4 cm³/mol. The zero-order valence-corrected chi connectivity index (χ0v) is 12.3. The van der Waals surface area contributed by atoms with Crippen molar-refractivity contribution in [3.8, 4) is 0 Å². The molecule has 0 aliphatic carbocycles. The van der Waals surface area contributed by atoms with Gasteiger partial charge in [-0.2, -0.15) is 13.8 Å². The number of rotatable bonds is 2. The number of carbonyl (C=O) groups excluding carboxylic acids is 1. The zero-order valence-electron chi connectivity index (χ0n) is 10.7. The van der Waals surface area contributed by atoms with E-state index in [0.717, 1.165) is 11.7 Å². The van der Waals surface area contributed by atoms with Gasteiger partial charge in [0.1, 0.15) is 11.0 Å². The highest BCUT2D eigenvalue weighted by Crippen LogP contribution is 2.30. The molecule has 1 amide bonds. The Morgan fingerprint density at radius 2 is 2.15 bits per heavy atom. The standard InChI is InChI=1S/C12H10ClN5OS/c1-5-9(6(2)16-15-5)12(19)14-10-7(13)3-4-8-11(10)18-20-17-8/h3-4H,1-2H3,(H,14,19)(H,15,16). The molecule has 0 fully saturated rings. The molecule has 0 radical (unpaired) electrons. The molecule has 0 saturated heterocycles. The summed E-state index contributed by atoms with van der Waals surface area (Å²) < 4.78 is 8.29. The first-order valence-electron chi connectivity index (χ1n) is 5.81. The third-order valence-electron chi connectivity index (χ3n) is 2.97. The molecule has 0 bridgehead atoms. The van der Waals surface area contributed by atoms with Crippen molar-refractivity contribution in [3.05, 3.63) is 34.1 Å². The first kappa shape index (κ1) is 13.0. The number of fused-ring (bicyclic) bond motifs is 1. The van der Waals surface area contributed by atoms with Gasteiger partial charge in [-0.25, -0.2) is 0 Å². The average molecular weight is 308 g/mol. The lowest BCUT2D eigenvalue weighted by Gasteiger charge is -2.07. The Kier molecular flexibility index (Phi) is 3.15. The van der Waals surface area contributed by atoms with Gasteiger partial charge in [0, 0.05) is 5.69 Å². The van der Waals surface area contributed by atoms with Gasteiger partial charge in [-0.15, -0.1) is 0 Å². The molecule has 0 saturated carbocycles. The SMILES string of the molecule is Cc1n[nH]c(C)c1C(=O)Nc1c(Cl)ccc2nsnc12. The Morgan fingerprint density at radius 1 is 1.35 bits per heavy atom. The monoisotopic (exact) mass is 307 g/mol. The summed E-state index contributed by atoms with van der Waals surface area (Å²) >= 11 is 7.22. The maximum Gasteiger partial charge on any atom is 0.259 e. The summed E-state index contributed by atoms with van der Waals surface area (Å²) in [5.41, 5.74) is 3.63. The number of hydrogen-bond donors (Lipinski definition) is 2. The van der Waals surface area contributed by atoms with Crippen molar-refractivity contribution in [2.75, 3.05) is 5.32 Å². The number of anilines is 1.